The maximum Gasteiger partial charge on any atom is 0.405 e. The number of carbonyl (C=O) groups excluding carboxylic acids is 8. The number of carbonyl (C=O) groups is 8. The lowest BCUT2D eigenvalue weighted by Gasteiger charge is -2.16. The molecule has 0 aliphatic heterocycles. The number of nitrogens with two attached hydrogens (primary N) is 4. The molecule has 8 amide bonds. The van der Waals surface area contributed by atoms with Crippen molar-refractivity contribution >= 4 is 48.0 Å². The predicted octanol–water partition coefficient (Wildman–Crippen LogP) is -0.567. The molecule has 472 valence electrons. The first-order valence-corrected chi connectivity index (χ1v) is 27.5. The first-order valence-electron chi connectivity index (χ1n) is 27.5. The zero-order valence-electron chi connectivity index (χ0n) is 47.1. The van der Waals surface area contributed by atoms with Crippen molar-refractivity contribution in [3.63, 3.8) is 0 Å². The quantitative estimate of drug-likeness (QED) is 0.0279. The van der Waals surface area contributed by atoms with Crippen LogP contribution in [0.1, 0.15) is 77.0 Å². The Kier molecular flexibility index (Phi) is 53.8. The van der Waals surface area contributed by atoms with E-state index in [4.69, 9.17) is 84.5 Å². The first kappa shape index (κ1) is 75.5. The van der Waals surface area contributed by atoms with E-state index >= 15 is 0 Å². The lowest BCUT2D eigenvalue weighted by Crippen LogP contribution is -2.39. The van der Waals surface area contributed by atoms with Crippen molar-refractivity contribution in [3.05, 3.63) is 0 Å². The van der Waals surface area contributed by atoms with Gasteiger partial charge in [0, 0.05) is 65.4 Å². The van der Waals surface area contributed by atoms with Gasteiger partial charge in [-0.05, 0) is 64.2 Å². The molecular formula is C50H94N8O23. The van der Waals surface area contributed by atoms with Crippen molar-refractivity contribution in [2.75, 3.05) is 185 Å². The fourth-order valence-corrected chi connectivity index (χ4v) is 6.35. The number of nitrogens with one attached hydrogen (secondary N) is 4. The summed E-state index contributed by atoms with van der Waals surface area (Å²) in [6, 6.07) is 0. The van der Waals surface area contributed by atoms with Gasteiger partial charge in [-0.25, -0.2) is 19.2 Å². The smallest absolute Gasteiger partial charge is 0.405 e. The topological polar surface area (TPSA) is 427 Å². The molecule has 0 saturated heterocycles. The number of amides is 8. The van der Waals surface area contributed by atoms with Crippen LogP contribution in [0.4, 0.5) is 19.2 Å². The Morgan fingerprint density at radius 2 is 0.519 bits per heavy atom. The van der Waals surface area contributed by atoms with Gasteiger partial charge in [0.05, 0.1) is 132 Å². The van der Waals surface area contributed by atoms with Crippen LogP contribution in [0.5, 0.6) is 0 Å². The summed E-state index contributed by atoms with van der Waals surface area (Å²) in [6.07, 6.45) is -0.960. The molecule has 31 heteroatoms. The molecule has 0 radical (unpaired) electrons. The molecule has 0 saturated carbocycles. The van der Waals surface area contributed by atoms with Crippen molar-refractivity contribution < 1.29 is 109 Å². The van der Waals surface area contributed by atoms with Crippen molar-refractivity contribution in [1.82, 2.24) is 21.3 Å². The standard InChI is InChI=1S/C50H94N8O23/c51-47(63)78-21-3-1-9-41(80-49(53)65)45(61)57-15-7-19-69-27-33-73-31-25-67-17-5-13-55-43(59)11-23-71-29-35-75-37-39-77-40-38-76-36-30-72-24-12-44(60)56-14-6-18-68-26-32-74-34-28-70-20-8-16-58-46(62)42(81-50(54)66)10-2-4-22-79-48(52)64/h41-42H,1-40H2,(H2,51,63)(H2,52,64)(H2,53,65)(H2,54,66)(H,55,59)(H,56,60)(H,57,61)(H,58,62). The molecular weight excluding hydrogens is 1080 g/mol. The minimum absolute atomic E-state index is 0.0952. The third kappa shape index (κ3) is 57.6. The molecule has 0 aliphatic rings. The highest BCUT2D eigenvalue weighted by atomic mass is 16.6. The highest BCUT2D eigenvalue weighted by Crippen LogP contribution is 2.08. The summed E-state index contributed by atoms with van der Waals surface area (Å²) in [5, 5.41) is 11.0. The van der Waals surface area contributed by atoms with Gasteiger partial charge in [0.15, 0.2) is 12.2 Å². The summed E-state index contributed by atoms with van der Waals surface area (Å²) in [6.45, 7) is 10.1. The van der Waals surface area contributed by atoms with Crippen molar-refractivity contribution in [3.8, 4) is 0 Å². The number of hydrogen-bond acceptors (Lipinski definition) is 23. The summed E-state index contributed by atoms with van der Waals surface area (Å²) in [7, 11) is 0. The van der Waals surface area contributed by atoms with Gasteiger partial charge in [-0.3, -0.25) is 19.2 Å². The van der Waals surface area contributed by atoms with Crippen molar-refractivity contribution in [1.29, 1.82) is 0 Å². The second-order valence-electron chi connectivity index (χ2n) is 17.1. The zero-order chi connectivity index (χ0) is 59.5. The molecule has 0 aliphatic carbocycles. The van der Waals surface area contributed by atoms with E-state index < -0.39 is 48.4 Å². The zero-order valence-corrected chi connectivity index (χ0v) is 47.1. The second kappa shape index (κ2) is 57.7. The van der Waals surface area contributed by atoms with Crippen LogP contribution in [-0.2, 0) is 90.2 Å². The molecule has 0 aromatic rings. The van der Waals surface area contributed by atoms with Crippen LogP contribution < -0.4 is 44.2 Å². The second-order valence-corrected chi connectivity index (χ2v) is 17.1. The molecule has 2 atom stereocenters. The lowest BCUT2D eigenvalue weighted by atomic mass is 10.1. The van der Waals surface area contributed by atoms with E-state index in [9.17, 15) is 38.4 Å². The Balaban J connectivity index is 3.43. The molecule has 0 aromatic carbocycles. The average molecular weight is 1180 g/mol. The summed E-state index contributed by atoms with van der Waals surface area (Å²) >= 11 is 0. The van der Waals surface area contributed by atoms with Crippen molar-refractivity contribution in [2.24, 2.45) is 22.9 Å². The van der Waals surface area contributed by atoms with Crippen LogP contribution in [0.15, 0.2) is 0 Å². The van der Waals surface area contributed by atoms with E-state index in [1.807, 2.05) is 0 Å². The predicted molar refractivity (Wildman–Crippen MR) is 286 cm³/mol. The van der Waals surface area contributed by atoms with E-state index in [0.717, 1.165) is 0 Å². The van der Waals surface area contributed by atoms with E-state index in [1.54, 1.807) is 0 Å². The van der Waals surface area contributed by atoms with Gasteiger partial charge in [0.1, 0.15) is 0 Å². The van der Waals surface area contributed by atoms with Gasteiger partial charge in [0.2, 0.25) is 11.8 Å². The monoisotopic (exact) mass is 1170 g/mol. The fourth-order valence-electron chi connectivity index (χ4n) is 6.35. The number of unbranched alkanes of at least 4 members (excludes halogenated alkanes) is 2. The Labute approximate surface area is 474 Å². The average Bonchev–Trinajstić information content (AvgIpc) is 3.42. The van der Waals surface area contributed by atoms with Crippen LogP contribution >= 0.6 is 0 Å². The molecule has 0 aromatic heterocycles. The summed E-state index contributed by atoms with van der Waals surface area (Å²) in [5.41, 5.74) is 19.9. The Hall–Kier alpha value is -5.48. The van der Waals surface area contributed by atoms with Crippen molar-refractivity contribution in [2.45, 2.75) is 89.3 Å². The first-order chi connectivity index (χ1) is 39.3. The third-order valence-electron chi connectivity index (χ3n) is 10.3. The molecule has 0 spiro atoms. The third-order valence-corrected chi connectivity index (χ3v) is 10.3. The Morgan fingerprint density at radius 3 is 0.778 bits per heavy atom. The minimum atomic E-state index is -1.06. The van der Waals surface area contributed by atoms with Crippen LogP contribution in [-0.4, -0.2) is 245 Å². The fraction of sp³-hybridized carbons (Fsp3) is 0.840. The maximum atomic E-state index is 12.3. The van der Waals surface area contributed by atoms with Gasteiger partial charge >= 0.3 is 24.4 Å². The van der Waals surface area contributed by atoms with Crippen LogP contribution in [0.2, 0.25) is 0 Å². The summed E-state index contributed by atoms with van der Waals surface area (Å²) in [5.74, 6) is -1.18. The van der Waals surface area contributed by atoms with Gasteiger partial charge in [-0.15, -0.1) is 0 Å². The Bertz CT molecular complexity index is 1500. The Morgan fingerprint density at radius 1 is 0.272 bits per heavy atom. The molecule has 0 fully saturated rings. The van der Waals surface area contributed by atoms with Gasteiger partial charge < -0.3 is 115 Å². The SMILES string of the molecule is NC(=O)OCCCCC(OC(N)=O)C(=O)NCCCOCCOCCOCCCNC(=O)CCOCCOCCOCCOCCOCCC(=O)NCCCOCCOCCOCCCNC(=O)C(CCCCOC(N)=O)OC(N)=O. The number of ether oxygens (including phenoxy) is 15. The largest absolute Gasteiger partial charge is 0.450 e. The molecule has 0 rings (SSSR count). The lowest BCUT2D eigenvalue weighted by molar-refractivity contribution is -0.130. The molecule has 81 heavy (non-hydrogen) atoms. The van der Waals surface area contributed by atoms with E-state index in [-0.39, 0.29) is 63.9 Å². The van der Waals surface area contributed by atoms with E-state index in [2.05, 4.69) is 30.7 Å². The highest BCUT2D eigenvalue weighted by molar-refractivity contribution is 5.83. The molecule has 0 bridgehead atoms. The molecule has 31 nitrogen and oxygen atoms in total. The van der Waals surface area contributed by atoms with Crippen LogP contribution in [0.25, 0.3) is 0 Å². The molecule has 12 N–H and O–H groups in total. The number of hydrogen-bond donors (Lipinski definition) is 8. The van der Waals surface area contributed by atoms with Gasteiger partial charge in [-0.2, -0.15) is 0 Å². The van der Waals surface area contributed by atoms with Gasteiger partial charge in [-0.1, -0.05) is 0 Å². The van der Waals surface area contributed by atoms with Crippen LogP contribution in [0, 0.1) is 0 Å². The summed E-state index contributed by atoms with van der Waals surface area (Å²) < 4.78 is 79.4. The maximum absolute atomic E-state index is 12.3. The highest BCUT2D eigenvalue weighted by Gasteiger charge is 2.22. The molecule has 0 heterocycles. The minimum Gasteiger partial charge on any atom is -0.450 e. The molecule has 2 unspecified atom stereocenters. The summed E-state index contributed by atoms with van der Waals surface area (Å²) in [4.78, 5) is 92.2. The number of primary amides is 4. The van der Waals surface area contributed by atoms with E-state index in [1.165, 1.54) is 0 Å². The van der Waals surface area contributed by atoms with Crippen LogP contribution in [0.3, 0.4) is 0 Å². The van der Waals surface area contributed by atoms with E-state index in [0.29, 0.717) is 210 Å². The van der Waals surface area contributed by atoms with Gasteiger partial charge in [0.25, 0.3) is 11.8 Å². The number of rotatable bonds is 60. The normalized spacial score (nSPS) is 11.8.